The van der Waals surface area contributed by atoms with Crippen LogP contribution in [0.15, 0.2) is 48.7 Å². The summed E-state index contributed by atoms with van der Waals surface area (Å²) in [6, 6.07) is 12.6. The molecule has 0 bridgehead atoms. The standard InChI is InChI=1S/C23H25N5O5.ClH/c1-32-21-13-15(28-11-8-16(9-12-28)33-14-22(29)30)5-6-19(21)26-23(31)20-4-2-3-17(25-20)18-7-10-24-27-18;/h2-7,10,13,16H,8-9,11-12,14H2,1H3,(H,24,27)(H,26,31)(H,29,30);1H. The lowest BCUT2D eigenvalue weighted by Gasteiger charge is -2.33. The number of nitrogens with zero attached hydrogens (tertiary/aromatic N) is 3. The number of aromatic nitrogens is 3. The number of anilines is 2. The maximum Gasteiger partial charge on any atom is 0.329 e. The highest BCUT2D eigenvalue weighted by Crippen LogP contribution is 2.32. The average molecular weight is 488 g/mol. The Hall–Kier alpha value is -3.63. The lowest BCUT2D eigenvalue weighted by Crippen LogP contribution is -2.37. The van der Waals surface area contributed by atoms with E-state index in [1.165, 1.54) is 0 Å². The van der Waals surface area contributed by atoms with Crippen molar-refractivity contribution in [1.82, 2.24) is 15.2 Å². The van der Waals surface area contributed by atoms with Crippen molar-refractivity contribution in [2.75, 3.05) is 37.0 Å². The fourth-order valence-corrected chi connectivity index (χ4v) is 3.75. The number of aliphatic carboxylic acids is 1. The number of halogens is 1. The number of ether oxygens (including phenoxy) is 2. The number of hydrogen-bond donors (Lipinski definition) is 3. The Morgan fingerprint density at radius 1 is 1.21 bits per heavy atom. The molecular formula is C23H26ClN5O5. The molecule has 1 aromatic carbocycles. The van der Waals surface area contributed by atoms with Crippen LogP contribution < -0.4 is 15.0 Å². The molecular weight excluding hydrogens is 462 g/mol. The van der Waals surface area contributed by atoms with Crippen LogP contribution in [0.25, 0.3) is 11.4 Å². The molecule has 4 rings (SSSR count). The van der Waals surface area contributed by atoms with E-state index in [-0.39, 0.29) is 36.7 Å². The van der Waals surface area contributed by atoms with E-state index in [4.69, 9.17) is 14.6 Å². The molecule has 11 heteroatoms. The Kier molecular flexibility index (Phi) is 8.44. The van der Waals surface area contributed by atoms with Crippen molar-refractivity contribution in [3.63, 3.8) is 0 Å². The first-order chi connectivity index (χ1) is 16.0. The molecule has 1 amide bonds. The first-order valence-corrected chi connectivity index (χ1v) is 10.6. The van der Waals surface area contributed by atoms with Crippen LogP contribution >= 0.6 is 12.4 Å². The molecule has 34 heavy (non-hydrogen) atoms. The molecule has 1 fully saturated rings. The fraction of sp³-hybridized carbons (Fsp3) is 0.304. The number of nitrogens with one attached hydrogen (secondary N) is 2. The van der Waals surface area contributed by atoms with Crippen LogP contribution in [-0.4, -0.2) is 65.1 Å². The van der Waals surface area contributed by atoms with E-state index in [0.29, 0.717) is 17.1 Å². The van der Waals surface area contributed by atoms with E-state index in [2.05, 4.69) is 25.4 Å². The number of aromatic amines is 1. The zero-order valence-electron chi connectivity index (χ0n) is 18.6. The van der Waals surface area contributed by atoms with E-state index in [0.717, 1.165) is 37.3 Å². The van der Waals surface area contributed by atoms with Gasteiger partial charge in [0, 0.05) is 31.0 Å². The number of rotatable bonds is 8. The topological polar surface area (TPSA) is 130 Å². The normalized spacial score (nSPS) is 13.7. The van der Waals surface area contributed by atoms with Gasteiger partial charge in [-0.15, -0.1) is 12.4 Å². The van der Waals surface area contributed by atoms with Crippen LogP contribution in [0.4, 0.5) is 11.4 Å². The van der Waals surface area contributed by atoms with E-state index in [9.17, 15) is 9.59 Å². The Morgan fingerprint density at radius 3 is 2.68 bits per heavy atom. The van der Waals surface area contributed by atoms with Gasteiger partial charge >= 0.3 is 5.97 Å². The van der Waals surface area contributed by atoms with Crippen molar-refractivity contribution in [2.24, 2.45) is 0 Å². The minimum absolute atomic E-state index is 0. The quantitative estimate of drug-likeness (QED) is 0.441. The maximum atomic E-state index is 12.8. The SMILES string of the molecule is COc1cc(N2CCC(OCC(=O)O)CC2)ccc1NC(=O)c1cccc(-c2ccn[nH]2)n1.Cl. The van der Waals surface area contributed by atoms with Gasteiger partial charge in [0.25, 0.3) is 5.91 Å². The Labute approximate surface area is 202 Å². The smallest absolute Gasteiger partial charge is 0.329 e. The van der Waals surface area contributed by atoms with Crippen LogP contribution in [0.3, 0.4) is 0 Å². The molecule has 1 aliphatic heterocycles. The number of benzene rings is 1. The number of carboxylic acids is 1. The molecule has 3 aromatic rings. The van der Waals surface area contributed by atoms with Gasteiger partial charge in [0.05, 0.1) is 30.3 Å². The van der Waals surface area contributed by atoms with E-state index in [1.54, 1.807) is 43.6 Å². The Balaban J connectivity index is 0.00000324. The van der Waals surface area contributed by atoms with Crippen molar-refractivity contribution in [3.05, 3.63) is 54.4 Å². The summed E-state index contributed by atoms with van der Waals surface area (Å²) in [4.78, 5) is 30.1. The van der Waals surface area contributed by atoms with Gasteiger partial charge in [0.15, 0.2) is 0 Å². The highest BCUT2D eigenvalue weighted by Gasteiger charge is 2.22. The minimum atomic E-state index is -0.956. The van der Waals surface area contributed by atoms with Crippen molar-refractivity contribution in [1.29, 1.82) is 0 Å². The van der Waals surface area contributed by atoms with Crippen molar-refractivity contribution < 1.29 is 24.2 Å². The van der Waals surface area contributed by atoms with Crippen LogP contribution in [0.5, 0.6) is 5.75 Å². The summed E-state index contributed by atoms with van der Waals surface area (Å²) < 4.78 is 10.9. The molecule has 2 aromatic heterocycles. The van der Waals surface area contributed by atoms with E-state index < -0.39 is 5.97 Å². The Bertz CT molecular complexity index is 1120. The molecule has 10 nitrogen and oxygen atoms in total. The summed E-state index contributed by atoms with van der Waals surface area (Å²) in [5, 5.41) is 18.4. The number of carbonyl (C=O) groups excluding carboxylic acids is 1. The van der Waals surface area contributed by atoms with Gasteiger partial charge in [-0.05, 0) is 43.2 Å². The van der Waals surface area contributed by atoms with Gasteiger partial charge in [0.1, 0.15) is 18.1 Å². The van der Waals surface area contributed by atoms with Crippen LogP contribution in [0.2, 0.25) is 0 Å². The molecule has 3 heterocycles. The molecule has 1 saturated heterocycles. The monoisotopic (exact) mass is 487 g/mol. The first kappa shape index (κ1) is 25.0. The Morgan fingerprint density at radius 2 is 2.00 bits per heavy atom. The average Bonchev–Trinajstić information content (AvgIpc) is 3.38. The number of pyridine rings is 1. The lowest BCUT2D eigenvalue weighted by atomic mass is 10.1. The van der Waals surface area contributed by atoms with Crippen molar-refractivity contribution >= 4 is 35.7 Å². The van der Waals surface area contributed by atoms with E-state index in [1.807, 2.05) is 12.1 Å². The van der Waals surface area contributed by atoms with Gasteiger partial charge in [-0.1, -0.05) is 6.07 Å². The van der Waals surface area contributed by atoms with Gasteiger partial charge < -0.3 is 24.8 Å². The zero-order valence-corrected chi connectivity index (χ0v) is 19.4. The number of methoxy groups -OCH3 is 1. The number of hydrogen-bond acceptors (Lipinski definition) is 7. The lowest BCUT2D eigenvalue weighted by molar-refractivity contribution is -0.144. The van der Waals surface area contributed by atoms with Crippen molar-refractivity contribution in [2.45, 2.75) is 18.9 Å². The number of piperidine rings is 1. The second kappa shape index (κ2) is 11.5. The van der Waals surface area contributed by atoms with Crippen LogP contribution in [0.1, 0.15) is 23.3 Å². The van der Waals surface area contributed by atoms with Gasteiger partial charge in [-0.2, -0.15) is 5.10 Å². The molecule has 0 aliphatic carbocycles. The highest BCUT2D eigenvalue weighted by atomic mass is 35.5. The van der Waals surface area contributed by atoms with Crippen molar-refractivity contribution in [3.8, 4) is 17.1 Å². The van der Waals surface area contributed by atoms with Gasteiger partial charge in [-0.3, -0.25) is 9.89 Å². The third-order valence-corrected chi connectivity index (χ3v) is 5.44. The summed E-state index contributed by atoms with van der Waals surface area (Å²) in [6.45, 7) is 1.21. The molecule has 0 atom stereocenters. The minimum Gasteiger partial charge on any atom is -0.494 e. The second-order valence-corrected chi connectivity index (χ2v) is 7.61. The largest absolute Gasteiger partial charge is 0.494 e. The number of amides is 1. The summed E-state index contributed by atoms with van der Waals surface area (Å²) >= 11 is 0. The summed E-state index contributed by atoms with van der Waals surface area (Å²) in [6.07, 6.45) is 3.06. The predicted octanol–water partition coefficient (Wildman–Crippen LogP) is 3.22. The third kappa shape index (κ3) is 6.03. The molecule has 1 aliphatic rings. The number of carbonyl (C=O) groups is 2. The van der Waals surface area contributed by atoms with Crippen LogP contribution in [-0.2, 0) is 9.53 Å². The predicted molar refractivity (Wildman–Crippen MR) is 129 cm³/mol. The molecule has 3 N–H and O–H groups in total. The van der Waals surface area contributed by atoms with Gasteiger partial charge in [-0.25, -0.2) is 9.78 Å². The molecule has 0 saturated carbocycles. The fourth-order valence-electron chi connectivity index (χ4n) is 3.75. The second-order valence-electron chi connectivity index (χ2n) is 7.61. The number of H-pyrrole nitrogens is 1. The molecule has 0 spiro atoms. The van der Waals surface area contributed by atoms with E-state index >= 15 is 0 Å². The number of carboxylic acid groups (broad SMARTS) is 1. The molecule has 0 unspecified atom stereocenters. The first-order valence-electron chi connectivity index (χ1n) is 10.6. The molecule has 0 radical (unpaired) electrons. The highest BCUT2D eigenvalue weighted by molar-refractivity contribution is 6.04. The summed E-state index contributed by atoms with van der Waals surface area (Å²) in [5.74, 6) is -0.767. The van der Waals surface area contributed by atoms with Gasteiger partial charge in [0.2, 0.25) is 0 Å². The summed E-state index contributed by atoms with van der Waals surface area (Å²) in [5.41, 5.74) is 3.12. The zero-order chi connectivity index (χ0) is 23.2. The summed E-state index contributed by atoms with van der Waals surface area (Å²) in [7, 11) is 1.55. The maximum absolute atomic E-state index is 12.8. The van der Waals surface area contributed by atoms with Crippen LogP contribution in [0, 0.1) is 0 Å². The molecule has 180 valence electrons. The third-order valence-electron chi connectivity index (χ3n) is 5.44.